The van der Waals surface area contributed by atoms with E-state index < -0.39 is 17.5 Å². The summed E-state index contributed by atoms with van der Waals surface area (Å²) in [4.78, 5) is 14.4. The lowest BCUT2D eigenvalue weighted by Gasteiger charge is -2.26. The largest absolute Gasteiger partial charge is 0.459 e. The predicted molar refractivity (Wildman–Crippen MR) is 89.5 cm³/mol. The third-order valence-corrected chi connectivity index (χ3v) is 3.98. The molecule has 0 aliphatic carbocycles. The first-order chi connectivity index (χ1) is 10.7. The summed E-state index contributed by atoms with van der Waals surface area (Å²) in [6.45, 7) is 9.22. The van der Waals surface area contributed by atoms with E-state index in [1.807, 2.05) is 40.8 Å². The van der Waals surface area contributed by atoms with Gasteiger partial charge in [-0.05, 0) is 47.0 Å². The summed E-state index contributed by atoms with van der Waals surface area (Å²) in [5.41, 5.74) is 0.584. The first-order valence-electron chi connectivity index (χ1n) is 8.39. The van der Waals surface area contributed by atoms with E-state index in [-0.39, 0.29) is 6.10 Å². The van der Waals surface area contributed by atoms with Crippen LogP contribution in [0.4, 0.5) is 0 Å². The molecule has 0 aromatic rings. The van der Waals surface area contributed by atoms with Crippen LogP contribution in [0.1, 0.15) is 53.4 Å². The van der Waals surface area contributed by atoms with Gasteiger partial charge in [0.05, 0.1) is 18.8 Å². The number of carbonyl (C=O) groups excluding carboxylic acids is 1. The molecule has 130 valence electrons. The van der Waals surface area contributed by atoms with E-state index in [0.717, 1.165) is 19.4 Å². The zero-order chi connectivity index (χ0) is 17.5. The summed E-state index contributed by atoms with van der Waals surface area (Å²) in [5, 5.41) is 9.26. The zero-order valence-electron chi connectivity index (χ0n) is 15.1. The van der Waals surface area contributed by atoms with Gasteiger partial charge in [-0.3, -0.25) is 4.79 Å². The first kappa shape index (κ1) is 19.5. The van der Waals surface area contributed by atoms with Gasteiger partial charge in [-0.2, -0.15) is 5.26 Å². The van der Waals surface area contributed by atoms with Crippen LogP contribution >= 0.6 is 0 Å². The lowest BCUT2D eigenvalue weighted by Crippen LogP contribution is -2.32. The van der Waals surface area contributed by atoms with Crippen molar-refractivity contribution < 1.29 is 14.3 Å². The van der Waals surface area contributed by atoms with Crippen molar-refractivity contribution in [3.05, 3.63) is 11.8 Å². The molecule has 0 bridgehead atoms. The monoisotopic (exact) mass is 322 g/mol. The zero-order valence-corrected chi connectivity index (χ0v) is 15.1. The molecule has 1 atom stereocenters. The van der Waals surface area contributed by atoms with Crippen molar-refractivity contribution in [3.63, 3.8) is 0 Å². The van der Waals surface area contributed by atoms with Crippen LogP contribution in [0, 0.1) is 17.2 Å². The smallest absolute Gasteiger partial charge is 0.324 e. The Hall–Kier alpha value is -1.54. The number of allylic oxidation sites excluding steroid dienone is 2. The second-order valence-corrected chi connectivity index (χ2v) is 6.99. The van der Waals surface area contributed by atoms with Crippen LogP contribution in [0.2, 0.25) is 0 Å². The molecule has 0 radical (unpaired) electrons. The highest BCUT2D eigenvalue weighted by molar-refractivity contribution is 5.75. The fourth-order valence-corrected chi connectivity index (χ4v) is 2.48. The minimum absolute atomic E-state index is 0.156. The Morgan fingerprint density at radius 2 is 2.17 bits per heavy atom. The molecular formula is C18H30N2O3. The van der Waals surface area contributed by atoms with Crippen molar-refractivity contribution in [1.82, 2.24) is 4.90 Å². The molecule has 1 heterocycles. The molecule has 5 nitrogen and oxygen atoms in total. The Labute approximate surface area is 140 Å². The van der Waals surface area contributed by atoms with Crippen LogP contribution in [0.15, 0.2) is 11.8 Å². The molecule has 1 fully saturated rings. The predicted octanol–water partition coefficient (Wildman–Crippen LogP) is 3.26. The standard InChI is InChI=1S/C18H30N2O3/c1-14(2)22-12-10-18(3,4)23-17(21)15(13-19)8-9-16-7-6-11-20(16)5/h9,14-15H,6-8,10-12H2,1-5H3/b16-9+. The number of ether oxygens (including phenoxy) is 2. The Morgan fingerprint density at radius 3 is 2.70 bits per heavy atom. The third-order valence-electron chi connectivity index (χ3n) is 3.98. The van der Waals surface area contributed by atoms with Crippen LogP contribution in [-0.4, -0.2) is 42.8 Å². The Morgan fingerprint density at radius 1 is 1.48 bits per heavy atom. The second kappa shape index (κ2) is 8.93. The molecule has 0 N–H and O–H groups in total. The highest BCUT2D eigenvalue weighted by atomic mass is 16.6. The van der Waals surface area contributed by atoms with E-state index in [0.29, 0.717) is 19.4 Å². The maximum atomic E-state index is 12.2. The van der Waals surface area contributed by atoms with Crippen molar-refractivity contribution in [2.45, 2.75) is 65.1 Å². The van der Waals surface area contributed by atoms with Crippen molar-refractivity contribution >= 4 is 5.97 Å². The van der Waals surface area contributed by atoms with Gasteiger partial charge in [0.25, 0.3) is 0 Å². The van der Waals surface area contributed by atoms with E-state index in [2.05, 4.69) is 11.0 Å². The molecule has 1 aliphatic heterocycles. The SMILES string of the molecule is CC(C)OCCC(C)(C)OC(=O)C(C#N)C/C=C1\CCCN1C. The number of rotatable bonds is 8. The van der Waals surface area contributed by atoms with Gasteiger partial charge in [0.15, 0.2) is 0 Å². The van der Waals surface area contributed by atoms with E-state index in [9.17, 15) is 10.1 Å². The maximum absolute atomic E-state index is 12.2. The molecule has 1 rings (SSSR count). The van der Waals surface area contributed by atoms with Crippen molar-refractivity contribution in [3.8, 4) is 6.07 Å². The van der Waals surface area contributed by atoms with Crippen LogP contribution in [-0.2, 0) is 14.3 Å². The number of nitriles is 1. The molecule has 1 unspecified atom stereocenters. The molecule has 23 heavy (non-hydrogen) atoms. The highest BCUT2D eigenvalue weighted by Crippen LogP contribution is 2.22. The van der Waals surface area contributed by atoms with Crippen molar-refractivity contribution in [2.24, 2.45) is 5.92 Å². The number of hydrogen-bond donors (Lipinski definition) is 0. The quantitative estimate of drug-likeness (QED) is 0.642. The van der Waals surface area contributed by atoms with Gasteiger partial charge in [-0.15, -0.1) is 0 Å². The minimum atomic E-state index is -0.748. The molecule has 1 saturated heterocycles. The summed E-state index contributed by atoms with van der Waals surface area (Å²) in [6.07, 6.45) is 5.32. The van der Waals surface area contributed by atoms with Crippen molar-refractivity contribution in [1.29, 1.82) is 5.26 Å². The highest BCUT2D eigenvalue weighted by Gasteiger charge is 2.28. The maximum Gasteiger partial charge on any atom is 0.324 e. The number of esters is 1. The lowest BCUT2D eigenvalue weighted by molar-refractivity contribution is -0.161. The van der Waals surface area contributed by atoms with Crippen LogP contribution < -0.4 is 0 Å². The first-order valence-corrected chi connectivity index (χ1v) is 8.39. The summed E-state index contributed by atoms with van der Waals surface area (Å²) in [7, 11) is 2.04. The Bertz CT molecular complexity index is 463. The normalized spacial score (nSPS) is 18.3. The van der Waals surface area contributed by atoms with Gasteiger partial charge in [-0.1, -0.05) is 6.08 Å². The van der Waals surface area contributed by atoms with Gasteiger partial charge in [0.2, 0.25) is 0 Å². The van der Waals surface area contributed by atoms with Gasteiger partial charge in [0, 0.05) is 25.7 Å². The topological polar surface area (TPSA) is 62.6 Å². The molecule has 0 aromatic heterocycles. The molecule has 0 amide bonds. The summed E-state index contributed by atoms with van der Waals surface area (Å²) in [5.74, 6) is -1.19. The summed E-state index contributed by atoms with van der Waals surface area (Å²) >= 11 is 0. The van der Waals surface area contributed by atoms with Gasteiger partial charge in [-0.25, -0.2) is 0 Å². The lowest BCUT2D eigenvalue weighted by atomic mass is 10.0. The number of likely N-dealkylation sites (tertiary alicyclic amines) is 1. The second-order valence-electron chi connectivity index (χ2n) is 6.99. The van der Waals surface area contributed by atoms with E-state index in [4.69, 9.17) is 9.47 Å². The fourth-order valence-electron chi connectivity index (χ4n) is 2.48. The number of carbonyl (C=O) groups is 1. The van der Waals surface area contributed by atoms with Crippen LogP contribution in [0.25, 0.3) is 0 Å². The summed E-state index contributed by atoms with van der Waals surface area (Å²) in [6, 6.07) is 2.07. The van der Waals surface area contributed by atoms with E-state index in [1.165, 1.54) is 5.70 Å². The van der Waals surface area contributed by atoms with Crippen LogP contribution in [0.5, 0.6) is 0 Å². The van der Waals surface area contributed by atoms with Gasteiger partial charge in [0.1, 0.15) is 11.5 Å². The third kappa shape index (κ3) is 7.04. The Balaban J connectivity index is 2.51. The molecule has 0 aromatic carbocycles. The van der Waals surface area contributed by atoms with Gasteiger partial charge >= 0.3 is 5.97 Å². The van der Waals surface area contributed by atoms with Gasteiger partial charge < -0.3 is 14.4 Å². The van der Waals surface area contributed by atoms with Crippen molar-refractivity contribution in [2.75, 3.05) is 20.2 Å². The average molecular weight is 322 g/mol. The van der Waals surface area contributed by atoms with E-state index >= 15 is 0 Å². The van der Waals surface area contributed by atoms with E-state index in [1.54, 1.807) is 0 Å². The average Bonchev–Trinajstić information content (AvgIpc) is 2.83. The molecule has 5 heteroatoms. The Kier molecular flexibility index (Phi) is 7.57. The van der Waals surface area contributed by atoms with Crippen LogP contribution in [0.3, 0.4) is 0 Å². The summed E-state index contributed by atoms with van der Waals surface area (Å²) < 4.78 is 11.0. The molecule has 1 aliphatic rings. The fraction of sp³-hybridized carbons (Fsp3) is 0.778. The molecule has 0 spiro atoms. The minimum Gasteiger partial charge on any atom is -0.459 e. The molecule has 0 saturated carbocycles. The number of hydrogen-bond acceptors (Lipinski definition) is 5. The molecular weight excluding hydrogens is 292 g/mol. The number of nitrogens with zero attached hydrogens (tertiary/aromatic N) is 2.